The fourth-order valence-electron chi connectivity index (χ4n) is 9.65. The maximum atomic E-state index is 6.81. The van der Waals surface area contributed by atoms with Gasteiger partial charge in [-0.15, -0.1) is 0 Å². The van der Waals surface area contributed by atoms with E-state index in [0.717, 1.165) is 61.8 Å². The van der Waals surface area contributed by atoms with E-state index in [4.69, 9.17) is 14.7 Å². The Morgan fingerprint density at radius 1 is 0.274 bits per heavy atom. The number of para-hydroxylation sites is 1. The third-order valence-corrected chi connectivity index (χ3v) is 12.6. The SMILES string of the molecule is c1ccc(-c2ccc(-c3cc(-c4ccc(-c5ccc6c(c5)Oc5ccccc5C65c6ccccc6-c6ccccc65)cc4)nc(-c4ccc(-c5ccccc5)cc4)n3)cc2)cc1. The molecule has 2 aliphatic rings. The van der Waals surface area contributed by atoms with Crippen molar-refractivity contribution in [2.24, 2.45) is 0 Å². The highest BCUT2D eigenvalue weighted by Crippen LogP contribution is 2.62. The molecule has 0 radical (unpaired) electrons. The standard InChI is InChI=1S/C59H38N2O/c1-3-13-39(14-4-1)41-23-29-44(30-24-41)54-38-55(61-58(60-54)46-33-27-42(28-34-46)40-15-5-2-6-16-40)45-31-25-43(26-32-45)47-35-36-53-57(37-47)62-56-22-12-11-21-52(56)59(53)50-19-9-7-17-48(50)49-18-8-10-20-51(49)59/h1-38H. The van der Waals surface area contributed by atoms with Gasteiger partial charge in [0.05, 0.1) is 16.8 Å². The minimum atomic E-state index is -0.480. The lowest BCUT2D eigenvalue weighted by Crippen LogP contribution is -2.32. The van der Waals surface area contributed by atoms with Gasteiger partial charge in [0, 0.05) is 27.8 Å². The third-order valence-electron chi connectivity index (χ3n) is 12.6. The first kappa shape index (κ1) is 35.8. The van der Waals surface area contributed by atoms with Crippen LogP contribution in [0, 0.1) is 0 Å². The molecule has 0 fully saturated rings. The van der Waals surface area contributed by atoms with E-state index in [1.807, 2.05) is 12.1 Å². The van der Waals surface area contributed by atoms with Crippen molar-refractivity contribution in [2.45, 2.75) is 5.41 Å². The molecule has 1 aromatic heterocycles. The number of aromatic nitrogens is 2. The molecule has 62 heavy (non-hydrogen) atoms. The van der Waals surface area contributed by atoms with Crippen LogP contribution in [-0.2, 0) is 5.41 Å². The van der Waals surface area contributed by atoms with Crippen molar-refractivity contribution in [2.75, 3.05) is 0 Å². The van der Waals surface area contributed by atoms with Gasteiger partial charge < -0.3 is 4.74 Å². The third kappa shape index (κ3) is 5.82. The summed E-state index contributed by atoms with van der Waals surface area (Å²) >= 11 is 0. The molecule has 0 N–H and O–H groups in total. The first-order valence-corrected chi connectivity index (χ1v) is 21.1. The van der Waals surface area contributed by atoms with Gasteiger partial charge in [-0.05, 0) is 73.8 Å². The van der Waals surface area contributed by atoms with Gasteiger partial charge in [0.1, 0.15) is 11.5 Å². The van der Waals surface area contributed by atoms with Gasteiger partial charge in [0.2, 0.25) is 0 Å². The Kier molecular flexibility index (Phi) is 8.39. The average molecular weight is 791 g/mol. The molecule has 3 heteroatoms. The Morgan fingerprint density at radius 2 is 0.661 bits per heavy atom. The van der Waals surface area contributed by atoms with E-state index < -0.39 is 5.41 Å². The monoisotopic (exact) mass is 790 g/mol. The summed E-state index contributed by atoms with van der Waals surface area (Å²) in [6.07, 6.45) is 0. The minimum Gasteiger partial charge on any atom is -0.457 e. The lowest BCUT2D eigenvalue weighted by molar-refractivity contribution is 0.436. The van der Waals surface area contributed by atoms with Crippen molar-refractivity contribution >= 4 is 0 Å². The zero-order valence-corrected chi connectivity index (χ0v) is 33.7. The maximum absolute atomic E-state index is 6.81. The molecular formula is C59H38N2O. The van der Waals surface area contributed by atoms with Gasteiger partial charge in [0.15, 0.2) is 5.82 Å². The molecule has 10 aromatic rings. The molecule has 0 amide bonds. The topological polar surface area (TPSA) is 35.0 Å². The van der Waals surface area contributed by atoms with Crippen LogP contribution in [0.1, 0.15) is 22.3 Å². The molecule has 12 rings (SSSR count). The smallest absolute Gasteiger partial charge is 0.160 e. The van der Waals surface area contributed by atoms with Gasteiger partial charge in [0.25, 0.3) is 0 Å². The fraction of sp³-hybridized carbons (Fsp3) is 0.0169. The number of rotatable bonds is 6. The van der Waals surface area contributed by atoms with Crippen LogP contribution in [0.4, 0.5) is 0 Å². The van der Waals surface area contributed by atoms with Crippen LogP contribution in [0.15, 0.2) is 231 Å². The molecule has 1 spiro atoms. The largest absolute Gasteiger partial charge is 0.457 e. The van der Waals surface area contributed by atoms with Crippen molar-refractivity contribution in [1.82, 2.24) is 9.97 Å². The predicted octanol–water partition coefficient (Wildman–Crippen LogP) is 14.9. The van der Waals surface area contributed by atoms with Crippen LogP contribution in [0.25, 0.3) is 78.4 Å². The molecule has 9 aromatic carbocycles. The first-order chi connectivity index (χ1) is 30.7. The van der Waals surface area contributed by atoms with Crippen LogP contribution in [-0.4, -0.2) is 9.97 Å². The van der Waals surface area contributed by atoms with Crippen molar-refractivity contribution < 1.29 is 4.74 Å². The summed E-state index contributed by atoms with van der Waals surface area (Å²) in [6.45, 7) is 0. The molecule has 0 saturated heterocycles. The van der Waals surface area contributed by atoms with Crippen LogP contribution in [0.3, 0.4) is 0 Å². The molecule has 2 heterocycles. The Bertz CT molecular complexity index is 3140. The first-order valence-electron chi connectivity index (χ1n) is 21.1. The number of nitrogens with zero attached hydrogens (tertiary/aromatic N) is 2. The molecule has 0 unspecified atom stereocenters. The normalized spacial score (nSPS) is 12.8. The van der Waals surface area contributed by atoms with E-state index in [2.05, 4.69) is 218 Å². The minimum absolute atomic E-state index is 0.480. The number of hydrogen-bond acceptors (Lipinski definition) is 3. The highest BCUT2D eigenvalue weighted by atomic mass is 16.5. The second-order valence-corrected chi connectivity index (χ2v) is 16.1. The molecule has 0 saturated carbocycles. The number of fused-ring (bicyclic) bond motifs is 9. The van der Waals surface area contributed by atoms with E-state index in [1.165, 1.54) is 44.5 Å². The number of benzene rings is 9. The Balaban J connectivity index is 0.928. The van der Waals surface area contributed by atoms with Gasteiger partial charge >= 0.3 is 0 Å². The lowest BCUT2D eigenvalue weighted by Gasteiger charge is -2.39. The fourth-order valence-corrected chi connectivity index (χ4v) is 9.65. The van der Waals surface area contributed by atoms with Gasteiger partial charge in [-0.1, -0.05) is 212 Å². The van der Waals surface area contributed by atoms with E-state index in [0.29, 0.717) is 5.82 Å². The van der Waals surface area contributed by atoms with E-state index in [1.54, 1.807) is 0 Å². The Labute approximate surface area is 361 Å². The summed E-state index contributed by atoms with van der Waals surface area (Å²) in [6, 6.07) is 81.9. The van der Waals surface area contributed by atoms with Crippen molar-refractivity contribution in [3.8, 4) is 89.9 Å². The molecular weight excluding hydrogens is 753 g/mol. The zero-order valence-electron chi connectivity index (χ0n) is 33.7. The van der Waals surface area contributed by atoms with Gasteiger partial charge in [-0.2, -0.15) is 0 Å². The quantitative estimate of drug-likeness (QED) is 0.168. The van der Waals surface area contributed by atoms with Crippen molar-refractivity contribution in [3.63, 3.8) is 0 Å². The van der Waals surface area contributed by atoms with Crippen LogP contribution in [0.2, 0.25) is 0 Å². The molecule has 1 aliphatic carbocycles. The van der Waals surface area contributed by atoms with Gasteiger partial charge in [-0.25, -0.2) is 9.97 Å². The van der Waals surface area contributed by atoms with Crippen LogP contribution in [0.5, 0.6) is 11.5 Å². The summed E-state index contributed by atoms with van der Waals surface area (Å²) < 4.78 is 6.81. The summed E-state index contributed by atoms with van der Waals surface area (Å²) in [4.78, 5) is 10.4. The molecule has 3 nitrogen and oxygen atoms in total. The van der Waals surface area contributed by atoms with Crippen LogP contribution >= 0.6 is 0 Å². The number of hydrogen-bond donors (Lipinski definition) is 0. The van der Waals surface area contributed by atoms with Crippen LogP contribution < -0.4 is 4.74 Å². The maximum Gasteiger partial charge on any atom is 0.160 e. The second kappa shape index (κ2) is 14.5. The van der Waals surface area contributed by atoms with E-state index in [9.17, 15) is 0 Å². The van der Waals surface area contributed by atoms with E-state index >= 15 is 0 Å². The molecule has 290 valence electrons. The van der Waals surface area contributed by atoms with E-state index in [-0.39, 0.29) is 0 Å². The average Bonchev–Trinajstić information content (AvgIpc) is 3.65. The summed E-state index contributed by atoms with van der Waals surface area (Å²) in [5, 5.41) is 0. The Morgan fingerprint density at radius 3 is 1.21 bits per heavy atom. The highest BCUT2D eigenvalue weighted by Gasteiger charge is 2.50. The zero-order chi connectivity index (χ0) is 41.0. The lowest BCUT2D eigenvalue weighted by atomic mass is 9.66. The highest BCUT2D eigenvalue weighted by molar-refractivity contribution is 5.89. The van der Waals surface area contributed by atoms with Crippen molar-refractivity contribution in [3.05, 3.63) is 253 Å². The Hall–Kier alpha value is -8.14. The van der Waals surface area contributed by atoms with Crippen molar-refractivity contribution in [1.29, 1.82) is 0 Å². The predicted molar refractivity (Wildman–Crippen MR) is 252 cm³/mol. The molecule has 1 aliphatic heterocycles. The number of ether oxygens (including phenoxy) is 1. The molecule has 0 bridgehead atoms. The summed E-state index contributed by atoms with van der Waals surface area (Å²) in [5.74, 6) is 2.45. The summed E-state index contributed by atoms with van der Waals surface area (Å²) in [7, 11) is 0. The molecule has 0 atom stereocenters. The van der Waals surface area contributed by atoms with Gasteiger partial charge in [-0.3, -0.25) is 0 Å². The second-order valence-electron chi connectivity index (χ2n) is 16.1. The summed E-state index contributed by atoms with van der Waals surface area (Å²) in [5.41, 5.74) is 18.6.